The van der Waals surface area contributed by atoms with Crippen LogP contribution in [0, 0.1) is 12.8 Å². The summed E-state index contributed by atoms with van der Waals surface area (Å²) in [4.78, 5) is 0. The first kappa shape index (κ1) is 34.2. The fourth-order valence-electron chi connectivity index (χ4n) is 5.56. The molecule has 0 aromatic heterocycles. The van der Waals surface area contributed by atoms with E-state index in [9.17, 15) is 0 Å². The van der Waals surface area contributed by atoms with Crippen LogP contribution < -0.4 is 35.3 Å². The summed E-state index contributed by atoms with van der Waals surface area (Å²) >= 11 is 0. The first-order valence-corrected chi connectivity index (χ1v) is 13.1. The SMILES string of the molecule is C=c1cc2c(c(C3=CC=CC3)c1C(C)(C)C)=[C-]c1cc(C(C)(C)C)ccc1-2.[CH2-]C1CCCCC1.[Cl-].[Cl-].[Zr+4]. The zero-order valence-corrected chi connectivity index (χ0v) is 27.5. The molecule has 1 fully saturated rings. The molecule has 0 amide bonds. The summed E-state index contributed by atoms with van der Waals surface area (Å²) in [6.07, 6.45) is 18.5. The van der Waals surface area contributed by atoms with E-state index < -0.39 is 0 Å². The van der Waals surface area contributed by atoms with Gasteiger partial charge in [0.2, 0.25) is 0 Å². The Morgan fingerprint density at radius 2 is 1.54 bits per heavy atom. The van der Waals surface area contributed by atoms with Crippen LogP contribution in [0.4, 0.5) is 0 Å². The summed E-state index contributed by atoms with van der Waals surface area (Å²) in [6.45, 7) is 22.1. The third-order valence-electron chi connectivity index (χ3n) is 7.41. The van der Waals surface area contributed by atoms with Gasteiger partial charge < -0.3 is 31.7 Å². The van der Waals surface area contributed by atoms with E-state index in [1.807, 2.05) is 0 Å². The van der Waals surface area contributed by atoms with E-state index in [0.29, 0.717) is 0 Å². The Morgan fingerprint density at radius 3 is 2.03 bits per heavy atom. The molecule has 0 bridgehead atoms. The number of benzene rings is 2. The van der Waals surface area contributed by atoms with Crippen LogP contribution in [0.1, 0.15) is 102 Å². The number of allylic oxidation sites excluding steroid dienone is 4. The molecule has 0 atom stereocenters. The second kappa shape index (κ2) is 13.5. The Kier molecular flexibility index (Phi) is 12.4. The second-order valence-corrected chi connectivity index (χ2v) is 12.4. The Bertz CT molecular complexity index is 1250. The predicted octanol–water partition coefficient (Wildman–Crippen LogP) is 2.13. The van der Waals surface area contributed by atoms with Crippen molar-refractivity contribution in [2.75, 3.05) is 0 Å². The van der Waals surface area contributed by atoms with Gasteiger partial charge in [0.25, 0.3) is 0 Å². The third kappa shape index (κ3) is 7.62. The molecule has 0 nitrogen and oxygen atoms in total. The Labute approximate surface area is 257 Å². The summed E-state index contributed by atoms with van der Waals surface area (Å²) in [5.41, 5.74) is 9.42. The van der Waals surface area contributed by atoms with Gasteiger partial charge in [0.05, 0.1) is 0 Å². The van der Waals surface area contributed by atoms with Crippen LogP contribution in [0.2, 0.25) is 0 Å². The van der Waals surface area contributed by atoms with Crippen molar-refractivity contribution in [3.8, 4) is 11.1 Å². The van der Waals surface area contributed by atoms with Gasteiger partial charge in [-0.2, -0.15) is 5.92 Å². The van der Waals surface area contributed by atoms with Crippen molar-refractivity contribution in [1.82, 2.24) is 0 Å². The smallest absolute Gasteiger partial charge is 1.00 e. The van der Waals surface area contributed by atoms with Gasteiger partial charge in [-0.1, -0.05) is 139 Å². The molecule has 0 aliphatic heterocycles. The fourth-order valence-corrected chi connectivity index (χ4v) is 5.56. The number of hydrogen-bond donors (Lipinski definition) is 0. The molecule has 3 heteroatoms. The summed E-state index contributed by atoms with van der Waals surface area (Å²) in [7, 11) is 0. The monoisotopic (exact) mass is 610 g/mol. The molecule has 196 valence electrons. The van der Waals surface area contributed by atoms with E-state index in [4.69, 9.17) is 0 Å². The van der Waals surface area contributed by atoms with Crippen molar-refractivity contribution in [2.45, 2.75) is 90.9 Å². The number of rotatable bonds is 1. The van der Waals surface area contributed by atoms with Crippen molar-refractivity contribution in [3.05, 3.63) is 82.1 Å². The van der Waals surface area contributed by atoms with Crippen LogP contribution in [0.15, 0.2) is 42.5 Å². The van der Waals surface area contributed by atoms with Crippen LogP contribution in [0.5, 0.6) is 0 Å². The molecule has 2 aromatic rings. The molecule has 2 aromatic carbocycles. The van der Waals surface area contributed by atoms with Crippen molar-refractivity contribution in [2.24, 2.45) is 5.92 Å². The molecule has 0 unspecified atom stereocenters. The minimum absolute atomic E-state index is 0. The largest absolute Gasteiger partial charge is 4.00 e. The Balaban J connectivity index is 0.000000598. The number of fused-ring (bicyclic) bond motifs is 3. The zero-order valence-electron chi connectivity index (χ0n) is 23.5. The molecule has 5 rings (SSSR count). The van der Waals surface area contributed by atoms with Gasteiger partial charge in [-0.15, -0.1) is 34.1 Å². The van der Waals surface area contributed by atoms with Gasteiger partial charge in [0.1, 0.15) is 0 Å². The van der Waals surface area contributed by atoms with E-state index in [1.165, 1.54) is 76.3 Å². The van der Waals surface area contributed by atoms with Crippen molar-refractivity contribution < 1.29 is 51.0 Å². The van der Waals surface area contributed by atoms with Crippen LogP contribution >= 0.6 is 0 Å². The maximum atomic E-state index is 4.45. The molecule has 1 saturated carbocycles. The molecule has 3 aliphatic carbocycles. The normalized spacial score (nSPS) is 16.0. The van der Waals surface area contributed by atoms with Crippen molar-refractivity contribution in [1.29, 1.82) is 0 Å². The van der Waals surface area contributed by atoms with E-state index in [0.717, 1.165) is 17.6 Å². The van der Waals surface area contributed by atoms with Gasteiger partial charge in [-0.3, -0.25) is 0 Å². The minimum Gasteiger partial charge on any atom is -1.00 e. The average molecular weight is 613 g/mol. The molecule has 0 saturated heterocycles. The van der Waals surface area contributed by atoms with Crippen LogP contribution in [0.25, 0.3) is 29.4 Å². The zero-order chi connectivity index (χ0) is 24.7. The molecule has 0 spiro atoms. The fraction of sp³-hybridized carbons (Fsp3) is 0.441. The maximum absolute atomic E-state index is 4.45. The summed E-state index contributed by atoms with van der Waals surface area (Å²) in [6, 6.07) is 9.14. The standard InChI is InChI=1S/C27H29.C7H13.2ClH.Zr/c1-17-14-22-21-13-12-20(26(2,3)4)15-19(21)16-23(22)24(18-10-8-9-11-18)25(17)27(5,6)7;1-7-5-3-2-4-6-7;;;/h8-10,12-15H,1,11H2,2-7H3;7H,1-6H2;2*1H;/q2*-1;;;+4/p-2. The number of halogens is 2. The number of hydrogen-bond acceptors (Lipinski definition) is 0. The van der Waals surface area contributed by atoms with Crippen LogP contribution in [-0.2, 0) is 37.0 Å². The van der Waals surface area contributed by atoms with Crippen molar-refractivity contribution >= 4 is 18.2 Å². The molecule has 0 heterocycles. The maximum Gasteiger partial charge on any atom is 4.00 e. The van der Waals surface area contributed by atoms with E-state index in [-0.39, 0.29) is 61.8 Å². The second-order valence-electron chi connectivity index (χ2n) is 12.4. The van der Waals surface area contributed by atoms with Crippen molar-refractivity contribution in [3.63, 3.8) is 0 Å². The quantitative estimate of drug-likeness (QED) is 0.370. The van der Waals surface area contributed by atoms with Gasteiger partial charge >= 0.3 is 26.2 Å². The van der Waals surface area contributed by atoms with E-state index >= 15 is 0 Å². The molecule has 3 aliphatic rings. The summed E-state index contributed by atoms with van der Waals surface area (Å²) < 4.78 is 0. The minimum atomic E-state index is 0. The van der Waals surface area contributed by atoms with Gasteiger partial charge in [-0.25, -0.2) is 0 Å². The van der Waals surface area contributed by atoms with Gasteiger partial charge in [-0.05, 0) is 22.5 Å². The van der Waals surface area contributed by atoms with E-state index in [1.54, 1.807) is 0 Å². The van der Waals surface area contributed by atoms with E-state index in [2.05, 4.69) is 104 Å². The molecule has 0 radical (unpaired) electrons. The van der Waals surface area contributed by atoms with Crippen LogP contribution in [-0.4, -0.2) is 0 Å². The molecular formula is C34H42Cl2Zr. The topological polar surface area (TPSA) is 0 Å². The predicted molar refractivity (Wildman–Crippen MR) is 150 cm³/mol. The Hall–Kier alpha value is -0.877. The molecule has 37 heavy (non-hydrogen) atoms. The Morgan fingerprint density at radius 1 is 0.892 bits per heavy atom. The summed E-state index contributed by atoms with van der Waals surface area (Å²) in [5, 5.41) is 2.39. The first-order chi connectivity index (χ1) is 16.0. The van der Waals surface area contributed by atoms with Crippen LogP contribution in [0.3, 0.4) is 0 Å². The summed E-state index contributed by atoms with van der Waals surface area (Å²) in [5.74, 6) is 0.786. The average Bonchev–Trinajstić information content (AvgIpc) is 3.40. The van der Waals surface area contributed by atoms with Gasteiger partial charge in [0, 0.05) is 0 Å². The molecular weight excluding hydrogens is 571 g/mol. The molecule has 0 N–H and O–H groups in total. The first-order valence-electron chi connectivity index (χ1n) is 13.1. The van der Waals surface area contributed by atoms with Gasteiger partial charge in [0.15, 0.2) is 0 Å². The third-order valence-corrected chi connectivity index (χ3v) is 7.41.